The van der Waals surface area contributed by atoms with Crippen LogP contribution in [0.25, 0.3) is 22.9 Å². The summed E-state index contributed by atoms with van der Waals surface area (Å²) in [4.78, 5) is 4.66. The summed E-state index contributed by atoms with van der Waals surface area (Å²) in [5.74, 6) is 2.34. The largest absolute Gasteiger partial charge is 0.496 e. The molecule has 0 fully saturated rings. The van der Waals surface area contributed by atoms with E-state index >= 15 is 0 Å². The van der Waals surface area contributed by atoms with Crippen molar-refractivity contribution in [1.29, 1.82) is 5.26 Å². The van der Waals surface area contributed by atoms with Crippen LogP contribution in [0, 0.1) is 18.3 Å². The maximum Gasteiger partial charge on any atom is 0.203 e. The number of methoxy groups -OCH3 is 4. The molecule has 0 N–H and O–H groups in total. The van der Waals surface area contributed by atoms with Gasteiger partial charge in [-0.25, -0.2) is 4.98 Å². The molecule has 0 aliphatic carbocycles. The molecule has 0 radical (unpaired) electrons. The smallest absolute Gasteiger partial charge is 0.203 e. The van der Waals surface area contributed by atoms with Crippen LogP contribution in [0.5, 0.6) is 23.0 Å². The summed E-state index contributed by atoms with van der Waals surface area (Å²) < 4.78 is 21.5. The first kappa shape index (κ1) is 21.2. The Morgan fingerprint density at radius 3 is 2.20 bits per heavy atom. The van der Waals surface area contributed by atoms with Crippen LogP contribution in [0.1, 0.15) is 16.1 Å². The molecule has 30 heavy (non-hydrogen) atoms. The number of thiazole rings is 1. The van der Waals surface area contributed by atoms with Crippen molar-refractivity contribution in [2.75, 3.05) is 28.4 Å². The van der Waals surface area contributed by atoms with Gasteiger partial charge in [-0.15, -0.1) is 11.3 Å². The highest BCUT2D eigenvalue weighted by molar-refractivity contribution is 7.11. The van der Waals surface area contributed by atoms with Gasteiger partial charge in [0, 0.05) is 10.9 Å². The Bertz CT molecular complexity index is 1100. The second-order valence-corrected chi connectivity index (χ2v) is 7.21. The van der Waals surface area contributed by atoms with Crippen LogP contribution in [0.3, 0.4) is 0 Å². The molecule has 7 heteroatoms. The van der Waals surface area contributed by atoms with Crippen LogP contribution in [-0.2, 0) is 0 Å². The SMILES string of the molecule is COc1cc(-c2csc(/C(C#N)=C\c3cc(OC)c(OC)c(OC)c3)n2)ccc1C. The van der Waals surface area contributed by atoms with Crippen molar-refractivity contribution < 1.29 is 18.9 Å². The minimum absolute atomic E-state index is 0.444. The molecule has 154 valence electrons. The third kappa shape index (κ3) is 4.24. The molecule has 2 aromatic carbocycles. The maximum atomic E-state index is 9.73. The Hall–Kier alpha value is -3.50. The number of aromatic nitrogens is 1. The Morgan fingerprint density at radius 1 is 0.967 bits per heavy atom. The summed E-state index contributed by atoms with van der Waals surface area (Å²) in [7, 11) is 6.30. The summed E-state index contributed by atoms with van der Waals surface area (Å²) in [6.07, 6.45) is 1.75. The number of hydrogen-bond donors (Lipinski definition) is 0. The number of rotatable bonds is 7. The molecule has 3 rings (SSSR count). The average molecular weight is 423 g/mol. The van der Waals surface area contributed by atoms with E-state index in [-0.39, 0.29) is 0 Å². The zero-order valence-electron chi connectivity index (χ0n) is 17.5. The first-order valence-electron chi connectivity index (χ1n) is 9.07. The molecule has 0 bridgehead atoms. The lowest BCUT2D eigenvalue weighted by atomic mass is 10.1. The van der Waals surface area contributed by atoms with Gasteiger partial charge < -0.3 is 18.9 Å². The molecule has 0 saturated carbocycles. The van der Waals surface area contributed by atoms with Crippen LogP contribution in [0.4, 0.5) is 0 Å². The molecule has 6 nitrogen and oxygen atoms in total. The Morgan fingerprint density at radius 2 is 1.63 bits per heavy atom. The van der Waals surface area contributed by atoms with Gasteiger partial charge in [-0.2, -0.15) is 5.26 Å². The molecule has 0 atom stereocenters. The van der Waals surface area contributed by atoms with Gasteiger partial charge >= 0.3 is 0 Å². The minimum atomic E-state index is 0.444. The zero-order chi connectivity index (χ0) is 21.7. The van der Waals surface area contributed by atoms with Gasteiger partial charge in [0.05, 0.1) is 39.7 Å². The fourth-order valence-corrected chi connectivity index (χ4v) is 3.80. The molecule has 0 aliphatic heterocycles. The predicted molar refractivity (Wildman–Crippen MR) is 118 cm³/mol. The van der Waals surface area contributed by atoms with Gasteiger partial charge in [0.1, 0.15) is 16.8 Å². The standard InChI is InChI=1S/C23H22N2O4S/c1-14-6-7-16(11-19(14)26-2)18-13-30-23(25-18)17(12-24)8-15-9-20(27-3)22(29-5)21(10-15)28-4/h6-11,13H,1-5H3/b17-8-. The van der Waals surface area contributed by atoms with Gasteiger partial charge in [-0.3, -0.25) is 0 Å². The number of ether oxygens (including phenoxy) is 4. The number of allylic oxidation sites excluding steroid dienone is 1. The quantitative estimate of drug-likeness (QED) is 0.486. The molecule has 0 amide bonds. The topological polar surface area (TPSA) is 73.6 Å². The minimum Gasteiger partial charge on any atom is -0.496 e. The van der Waals surface area contributed by atoms with E-state index in [4.69, 9.17) is 18.9 Å². The highest BCUT2D eigenvalue weighted by Crippen LogP contribution is 2.39. The Balaban J connectivity index is 2.00. The summed E-state index contributed by atoms with van der Waals surface area (Å²) in [5, 5.41) is 12.3. The number of aryl methyl sites for hydroxylation is 1. The van der Waals surface area contributed by atoms with Crippen LogP contribution in [-0.4, -0.2) is 33.4 Å². The predicted octanol–water partition coefficient (Wildman–Crippen LogP) is 5.22. The molecule has 1 heterocycles. The van der Waals surface area contributed by atoms with Crippen molar-refractivity contribution in [3.8, 4) is 40.3 Å². The van der Waals surface area contributed by atoms with Crippen molar-refractivity contribution in [1.82, 2.24) is 4.98 Å². The highest BCUT2D eigenvalue weighted by atomic mass is 32.1. The van der Waals surface area contributed by atoms with Crippen LogP contribution in [0.15, 0.2) is 35.7 Å². The fraction of sp³-hybridized carbons (Fsp3) is 0.217. The lowest BCUT2D eigenvalue weighted by Crippen LogP contribution is -1.95. The molecular weight excluding hydrogens is 400 g/mol. The Labute approximate surface area is 179 Å². The molecule has 1 aromatic heterocycles. The van der Waals surface area contributed by atoms with E-state index in [9.17, 15) is 5.26 Å². The van der Waals surface area contributed by atoms with Crippen molar-refractivity contribution >= 4 is 23.0 Å². The summed E-state index contributed by atoms with van der Waals surface area (Å²) in [6.45, 7) is 1.99. The van der Waals surface area contributed by atoms with Crippen molar-refractivity contribution in [2.24, 2.45) is 0 Å². The van der Waals surface area contributed by atoms with Crippen LogP contribution in [0.2, 0.25) is 0 Å². The first-order chi connectivity index (χ1) is 14.5. The zero-order valence-corrected chi connectivity index (χ0v) is 18.3. The van der Waals surface area contributed by atoms with Crippen molar-refractivity contribution in [3.63, 3.8) is 0 Å². The average Bonchev–Trinajstić information content (AvgIpc) is 3.26. The molecule has 0 unspecified atom stereocenters. The molecule has 0 saturated heterocycles. The lowest BCUT2D eigenvalue weighted by Gasteiger charge is -2.13. The van der Waals surface area contributed by atoms with E-state index in [1.165, 1.54) is 11.3 Å². The van der Waals surface area contributed by atoms with E-state index in [0.29, 0.717) is 27.8 Å². The number of benzene rings is 2. The second kappa shape index (κ2) is 9.33. The summed E-state index contributed by atoms with van der Waals surface area (Å²) >= 11 is 1.41. The maximum absolute atomic E-state index is 9.73. The fourth-order valence-electron chi connectivity index (χ4n) is 3.00. The van der Waals surface area contributed by atoms with Crippen LogP contribution < -0.4 is 18.9 Å². The van der Waals surface area contributed by atoms with Gasteiger partial charge in [0.15, 0.2) is 11.5 Å². The number of nitrogens with zero attached hydrogens (tertiary/aromatic N) is 2. The molecular formula is C23H22N2O4S. The van der Waals surface area contributed by atoms with Crippen molar-refractivity contribution in [2.45, 2.75) is 6.92 Å². The first-order valence-corrected chi connectivity index (χ1v) is 9.95. The van der Waals surface area contributed by atoms with E-state index in [1.807, 2.05) is 30.5 Å². The third-order valence-corrected chi connectivity index (χ3v) is 5.43. The lowest BCUT2D eigenvalue weighted by molar-refractivity contribution is 0.324. The van der Waals surface area contributed by atoms with Gasteiger partial charge in [0.2, 0.25) is 5.75 Å². The number of hydrogen-bond acceptors (Lipinski definition) is 7. The van der Waals surface area contributed by atoms with E-state index in [1.54, 1.807) is 46.6 Å². The molecule has 3 aromatic rings. The molecule has 0 spiro atoms. The van der Waals surface area contributed by atoms with Gasteiger partial charge in [0.25, 0.3) is 0 Å². The number of nitriles is 1. The normalized spacial score (nSPS) is 11.0. The summed E-state index contributed by atoms with van der Waals surface area (Å²) in [6, 6.07) is 11.7. The van der Waals surface area contributed by atoms with Gasteiger partial charge in [-0.05, 0) is 42.3 Å². The highest BCUT2D eigenvalue weighted by Gasteiger charge is 2.15. The van der Waals surface area contributed by atoms with E-state index in [2.05, 4.69) is 11.1 Å². The van der Waals surface area contributed by atoms with Crippen molar-refractivity contribution in [3.05, 3.63) is 51.8 Å². The van der Waals surface area contributed by atoms with E-state index in [0.717, 1.165) is 28.1 Å². The van der Waals surface area contributed by atoms with Crippen LogP contribution >= 0.6 is 11.3 Å². The Kier molecular flexibility index (Phi) is 6.60. The second-order valence-electron chi connectivity index (χ2n) is 6.35. The van der Waals surface area contributed by atoms with E-state index < -0.39 is 0 Å². The monoisotopic (exact) mass is 422 g/mol. The summed E-state index contributed by atoms with van der Waals surface area (Å²) in [5.41, 5.74) is 3.97. The molecule has 0 aliphatic rings. The third-order valence-electron chi connectivity index (χ3n) is 4.56. The van der Waals surface area contributed by atoms with Gasteiger partial charge in [-0.1, -0.05) is 12.1 Å².